The molecule has 0 heterocycles. The van der Waals surface area contributed by atoms with E-state index in [-0.39, 0.29) is 22.6 Å². The Morgan fingerprint density at radius 1 is 1.23 bits per heavy atom. The van der Waals surface area contributed by atoms with E-state index in [4.69, 9.17) is 4.43 Å². The van der Waals surface area contributed by atoms with E-state index in [9.17, 15) is 21.6 Å². The summed E-state index contributed by atoms with van der Waals surface area (Å²) in [6, 6.07) is 0. The number of halogens is 3. The lowest BCUT2D eigenvalue weighted by atomic mass is 9.80. The smallest absolute Gasteiger partial charge is 0.417 e. The molecule has 0 saturated heterocycles. The molecule has 0 aromatic rings. The van der Waals surface area contributed by atoms with Crippen LogP contribution in [0.15, 0.2) is 11.8 Å². The lowest BCUT2D eigenvalue weighted by Crippen LogP contribution is -2.41. The molecule has 0 saturated carbocycles. The second-order valence-electron chi connectivity index (χ2n) is 8.52. The van der Waals surface area contributed by atoms with Gasteiger partial charge in [0.05, 0.1) is 0 Å². The molecule has 0 bridgehead atoms. The fraction of sp³-hybridized carbons (Fsp3) is 0.882. The van der Waals surface area contributed by atoms with Crippen LogP contribution in [0.1, 0.15) is 59.8 Å². The van der Waals surface area contributed by atoms with Crippen molar-refractivity contribution < 1.29 is 30.2 Å². The molecule has 0 aromatic carbocycles. The Bertz CT molecular complexity index is 621. The first-order chi connectivity index (χ1) is 11.6. The monoisotopic (exact) mass is 416 g/mol. The van der Waals surface area contributed by atoms with E-state index in [1.54, 1.807) is 6.08 Å². The summed E-state index contributed by atoms with van der Waals surface area (Å²) in [6.45, 7) is 13.4. The summed E-state index contributed by atoms with van der Waals surface area (Å²) in [6.07, 6.45) is 4.58. The van der Waals surface area contributed by atoms with Crippen molar-refractivity contribution in [1.29, 1.82) is 0 Å². The highest BCUT2D eigenvalue weighted by molar-refractivity contribution is 7.87. The van der Waals surface area contributed by atoms with Crippen LogP contribution in [-0.2, 0) is 18.7 Å². The van der Waals surface area contributed by atoms with Gasteiger partial charge in [0, 0.05) is 13.0 Å². The summed E-state index contributed by atoms with van der Waals surface area (Å²) in [7, 11) is -7.41. The third-order valence-electron chi connectivity index (χ3n) is 5.63. The molecular weight excluding hydrogens is 385 g/mol. The molecule has 0 spiro atoms. The zero-order chi connectivity index (χ0) is 20.4. The van der Waals surface area contributed by atoms with E-state index in [2.05, 4.69) is 38.0 Å². The fourth-order valence-corrected chi connectivity index (χ4v) is 4.33. The Hall–Kier alpha value is -0.543. The second kappa shape index (κ2) is 7.83. The molecule has 0 N–H and O–H groups in total. The average molecular weight is 417 g/mol. The van der Waals surface area contributed by atoms with Gasteiger partial charge in [0.1, 0.15) is 5.76 Å². The molecular formula is C17H31F3O4SSi. The fourth-order valence-electron chi connectivity index (χ4n) is 2.73. The van der Waals surface area contributed by atoms with Gasteiger partial charge >= 0.3 is 15.6 Å². The van der Waals surface area contributed by atoms with Gasteiger partial charge in [0.2, 0.25) is 0 Å². The van der Waals surface area contributed by atoms with Crippen molar-refractivity contribution in [2.45, 2.75) is 83.4 Å². The van der Waals surface area contributed by atoms with E-state index in [0.29, 0.717) is 19.4 Å². The minimum Gasteiger partial charge on any atom is -0.417 e. The number of hydrogen-bond acceptors (Lipinski definition) is 4. The Kier molecular flexibility index (Phi) is 7.08. The van der Waals surface area contributed by atoms with E-state index >= 15 is 0 Å². The molecule has 0 aliphatic heterocycles. The van der Waals surface area contributed by atoms with Gasteiger partial charge < -0.3 is 8.61 Å². The van der Waals surface area contributed by atoms with Gasteiger partial charge in [-0.25, -0.2) is 0 Å². The van der Waals surface area contributed by atoms with Crippen LogP contribution in [0.2, 0.25) is 18.1 Å². The second-order valence-corrected chi connectivity index (χ2v) is 14.9. The van der Waals surface area contributed by atoms with Crippen molar-refractivity contribution in [3.63, 3.8) is 0 Å². The normalized spacial score (nSPS) is 22.4. The maximum Gasteiger partial charge on any atom is 0.534 e. The SMILES string of the molecule is CCC1(CCCO[Si](C)(C)C(C)(C)C)C=C(OS(=O)(=O)C(F)(F)F)CC1. The van der Waals surface area contributed by atoms with Crippen molar-refractivity contribution in [3.05, 3.63) is 11.8 Å². The first-order valence-corrected chi connectivity index (χ1v) is 13.2. The molecule has 0 aromatic heterocycles. The first kappa shape index (κ1) is 23.5. The standard InChI is InChI=1S/C17H31F3O4SSi/c1-7-16(10-8-12-23-26(5,6)15(2,3)4)11-9-14(13-16)24-25(21,22)17(18,19)20/h13H,7-12H2,1-6H3. The van der Waals surface area contributed by atoms with Crippen molar-refractivity contribution in [3.8, 4) is 0 Å². The Morgan fingerprint density at radius 3 is 2.27 bits per heavy atom. The highest BCUT2D eigenvalue weighted by Crippen LogP contribution is 2.44. The van der Waals surface area contributed by atoms with Crippen molar-refractivity contribution in [2.24, 2.45) is 5.41 Å². The van der Waals surface area contributed by atoms with Crippen LogP contribution in [0.3, 0.4) is 0 Å². The lowest BCUT2D eigenvalue weighted by Gasteiger charge is -2.36. The third-order valence-corrected chi connectivity index (χ3v) is 11.2. The largest absolute Gasteiger partial charge is 0.534 e. The van der Waals surface area contributed by atoms with Crippen LogP contribution in [-0.4, -0.2) is 28.9 Å². The lowest BCUT2D eigenvalue weighted by molar-refractivity contribution is -0.0522. The van der Waals surface area contributed by atoms with Gasteiger partial charge in [-0.15, -0.1) is 0 Å². The molecule has 1 aliphatic rings. The van der Waals surface area contributed by atoms with Crippen LogP contribution in [0.25, 0.3) is 0 Å². The van der Waals surface area contributed by atoms with E-state index in [1.807, 2.05) is 6.92 Å². The first-order valence-electron chi connectivity index (χ1n) is 8.92. The molecule has 154 valence electrons. The topological polar surface area (TPSA) is 52.6 Å². The van der Waals surface area contributed by atoms with Gasteiger partial charge in [0.15, 0.2) is 8.32 Å². The van der Waals surface area contributed by atoms with Gasteiger partial charge in [-0.05, 0) is 55.3 Å². The van der Waals surface area contributed by atoms with E-state index in [1.165, 1.54) is 0 Å². The van der Waals surface area contributed by atoms with Gasteiger partial charge in [-0.3, -0.25) is 0 Å². The quantitative estimate of drug-likeness (QED) is 0.219. The molecule has 1 atom stereocenters. The van der Waals surface area contributed by atoms with Crippen LogP contribution in [0.4, 0.5) is 13.2 Å². The molecule has 26 heavy (non-hydrogen) atoms. The molecule has 4 nitrogen and oxygen atoms in total. The van der Waals surface area contributed by atoms with E-state index in [0.717, 1.165) is 12.8 Å². The third kappa shape index (κ3) is 5.72. The van der Waals surface area contributed by atoms with Crippen molar-refractivity contribution in [1.82, 2.24) is 0 Å². The predicted octanol–water partition coefficient (Wildman–Crippen LogP) is 5.73. The van der Waals surface area contributed by atoms with E-state index < -0.39 is 23.9 Å². The van der Waals surface area contributed by atoms with Crippen LogP contribution in [0, 0.1) is 5.41 Å². The van der Waals surface area contributed by atoms with Gasteiger partial charge in [-0.2, -0.15) is 21.6 Å². The summed E-state index contributed by atoms with van der Waals surface area (Å²) in [4.78, 5) is 0. The summed E-state index contributed by atoms with van der Waals surface area (Å²) >= 11 is 0. The number of alkyl halides is 3. The molecule has 1 rings (SSSR count). The average Bonchev–Trinajstić information content (AvgIpc) is 2.84. The highest BCUT2D eigenvalue weighted by Gasteiger charge is 2.49. The van der Waals surface area contributed by atoms with Gasteiger partial charge in [0.25, 0.3) is 0 Å². The Labute approximate surface area is 156 Å². The Morgan fingerprint density at radius 2 is 1.81 bits per heavy atom. The van der Waals surface area contributed by atoms with Crippen LogP contribution in [0.5, 0.6) is 0 Å². The van der Waals surface area contributed by atoms with Crippen molar-refractivity contribution >= 4 is 18.4 Å². The Balaban J connectivity index is 2.67. The van der Waals surface area contributed by atoms with Crippen molar-refractivity contribution in [2.75, 3.05) is 6.61 Å². The van der Waals surface area contributed by atoms with Gasteiger partial charge in [-0.1, -0.05) is 27.7 Å². The minimum absolute atomic E-state index is 0.102. The molecule has 0 radical (unpaired) electrons. The maximum atomic E-state index is 12.5. The highest BCUT2D eigenvalue weighted by atomic mass is 32.2. The minimum atomic E-state index is -5.59. The summed E-state index contributed by atoms with van der Waals surface area (Å²) < 4.78 is 70.2. The number of hydrogen-bond donors (Lipinski definition) is 0. The summed E-state index contributed by atoms with van der Waals surface area (Å²) in [5.41, 5.74) is -5.73. The molecule has 1 unspecified atom stereocenters. The number of rotatable bonds is 8. The zero-order valence-electron chi connectivity index (χ0n) is 16.5. The van der Waals surface area contributed by atoms with Crippen LogP contribution < -0.4 is 0 Å². The zero-order valence-corrected chi connectivity index (χ0v) is 18.3. The maximum absolute atomic E-state index is 12.5. The summed E-state index contributed by atoms with van der Waals surface area (Å²) in [5, 5.41) is 0.121. The predicted molar refractivity (Wildman–Crippen MR) is 98.5 cm³/mol. The van der Waals surface area contributed by atoms with Crippen LogP contribution >= 0.6 is 0 Å². The number of allylic oxidation sites excluding steroid dienone is 2. The molecule has 0 fully saturated rings. The molecule has 1 aliphatic carbocycles. The molecule has 0 amide bonds. The molecule has 9 heteroatoms. The summed E-state index contributed by atoms with van der Waals surface area (Å²) in [5.74, 6) is -0.102.